The van der Waals surface area contributed by atoms with Gasteiger partial charge < -0.3 is 4.74 Å². The van der Waals surface area contributed by atoms with Gasteiger partial charge in [-0.25, -0.2) is 9.18 Å². The molecule has 0 aliphatic heterocycles. The van der Waals surface area contributed by atoms with Crippen LogP contribution < -0.4 is 0 Å². The summed E-state index contributed by atoms with van der Waals surface area (Å²) in [5.41, 5.74) is -1.83. The van der Waals surface area contributed by atoms with Gasteiger partial charge in [0.15, 0.2) is 0 Å². The third kappa shape index (κ3) is 5.00. The van der Waals surface area contributed by atoms with Gasteiger partial charge in [-0.05, 0) is 32.6 Å². The lowest BCUT2D eigenvalue weighted by molar-refractivity contribution is -0.154. The SMILES string of the molecule is C=CCCCCCC(C)(F)C(=O)OC. The number of hydrogen-bond acceptors (Lipinski definition) is 2. The zero-order valence-corrected chi connectivity index (χ0v) is 9.01. The van der Waals surface area contributed by atoms with Gasteiger partial charge in [-0.1, -0.05) is 12.5 Å². The Balaban J connectivity index is 3.65. The summed E-state index contributed by atoms with van der Waals surface area (Å²) in [4.78, 5) is 10.9. The first-order valence-electron chi connectivity index (χ1n) is 4.93. The predicted octanol–water partition coefficient (Wildman–Crippen LogP) is 3.02. The molecular formula is C11H19FO2. The first kappa shape index (κ1) is 13.1. The number of ether oxygens (including phenoxy) is 1. The smallest absolute Gasteiger partial charge is 0.343 e. The van der Waals surface area contributed by atoms with Gasteiger partial charge in [0.1, 0.15) is 0 Å². The van der Waals surface area contributed by atoms with Gasteiger partial charge in [0, 0.05) is 0 Å². The molecule has 0 radical (unpaired) electrons. The summed E-state index contributed by atoms with van der Waals surface area (Å²) >= 11 is 0. The summed E-state index contributed by atoms with van der Waals surface area (Å²) in [5.74, 6) is -0.777. The molecule has 0 heterocycles. The molecule has 82 valence electrons. The molecule has 0 aliphatic carbocycles. The van der Waals surface area contributed by atoms with E-state index in [4.69, 9.17) is 0 Å². The van der Waals surface area contributed by atoms with E-state index >= 15 is 0 Å². The van der Waals surface area contributed by atoms with E-state index < -0.39 is 11.6 Å². The molecule has 0 aromatic carbocycles. The zero-order valence-electron chi connectivity index (χ0n) is 9.01. The quantitative estimate of drug-likeness (QED) is 0.360. The molecule has 2 nitrogen and oxygen atoms in total. The maximum Gasteiger partial charge on any atom is 0.343 e. The minimum Gasteiger partial charge on any atom is -0.467 e. The maximum absolute atomic E-state index is 13.5. The van der Waals surface area contributed by atoms with Crippen molar-refractivity contribution in [3.8, 4) is 0 Å². The van der Waals surface area contributed by atoms with Crippen LogP contribution in [0.1, 0.15) is 39.0 Å². The number of rotatable bonds is 7. The molecule has 0 aromatic heterocycles. The molecule has 0 spiro atoms. The Morgan fingerprint density at radius 3 is 2.64 bits per heavy atom. The van der Waals surface area contributed by atoms with Gasteiger partial charge in [0.2, 0.25) is 5.67 Å². The maximum atomic E-state index is 13.5. The molecule has 0 bridgehead atoms. The molecule has 0 aliphatic rings. The van der Waals surface area contributed by atoms with Crippen molar-refractivity contribution in [1.29, 1.82) is 0 Å². The van der Waals surface area contributed by atoms with Crippen LogP contribution in [0.25, 0.3) is 0 Å². The number of methoxy groups -OCH3 is 1. The lowest BCUT2D eigenvalue weighted by atomic mass is 10.00. The Morgan fingerprint density at radius 1 is 1.50 bits per heavy atom. The van der Waals surface area contributed by atoms with Crippen LogP contribution in [-0.4, -0.2) is 18.7 Å². The second-order valence-corrected chi connectivity index (χ2v) is 3.58. The van der Waals surface area contributed by atoms with Gasteiger partial charge in [-0.15, -0.1) is 6.58 Å². The molecule has 14 heavy (non-hydrogen) atoms. The fourth-order valence-corrected chi connectivity index (χ4v) is 1.24. The topological polar surface area (TPSA) is 26.3 Å². The summed E-state index contributed by atoms with van der Waals surface area (Å²) in [6.45, 7) is 4.87. The minimum atomic E-state index is -1.83. The van der Waals surface area contributed by atoms with Crippen molar-refractivity contribution >= 4 is 5.97 Å². The molecular weight excluding hydrogens is 183 g/mol. The van der Waals surface area contributed by atoms with E-state index in [-0.39, 0.29) is 6.42 Å². The van der Waals surface area contributed by atoms with E-state index in [9.17, 15) is 9.18 Å². The molecule has 0 rings (SSSR count). The Labute approximate surface area is 85.1 Å². The monoisotopic (exact) mass is 202 g/mol. The van der Waals surface area contributed by atoms with E-state index in [1.807, 2.05) is 6.08 Å². The molecule has 1 unspecified atom stereocenters. The van der Waals surface area contributed by atoms with Crippen molar-refractivity contribution in [2.24, 2.45) is 0 Å². The second kappa shape index (κ2) is 6.57. The Morgan fingerprint density at radius 2 is 2.14 bits per heavy atom. The van der Waals surface area contributed by atoms with Crippen LogP contribution in [0.3, 0.4) is 0 Å². The van der Waals surface area contributed by atoms with Crippen LogP contribution in [-0.2, 0) is 9.53 Å². The summed E-state index contributed by atoms with van der Waals surface area (Å²) < 4.78 is 17.9. The third-order valence-corrected chi connectivity index (χ3v) is 2.17. The highest BCUT2D eigenvalue weighted by Crippen LogP contribution is 2.21. The number of carbonyl (C=O) groups excluding carboxylic acids is 1. The molecule has 0 aromatic rings. The number of carbonyl (C=O) groups is 1. The predicted molar refractivity (Wildman–Crippen MR) is 54.8 cm³/mol. The first-order chi connectivity index (χ1) is 6.54. The van der Waals surface area contributed by atoms with Gasteiger partial charge in [-0.3, -0.25) is 0 Å². The van der Waals surface area contributed by atoms with E-state index in [1.165, 1.54) is 14.0 Å². The summed E-state index contributed by atoms with van der Waals surface area (Å²) in [7, 11) is 1.21. The van der Waals surface area contributed by atoms with Crippen molar-refractivity contribution in [1.82, 2.24) is 0 Å². The number of halogens is 1. The number of unbranched alkanes of at least 4 members (excludes halogenated alkanes) is 3. The highest BCUT2D eigenvalue weighted by molar-refractivity contribution is 5.78. The van der Waals surface area contributed by atoms with Crippen LogP contribution in [0.15, 0.2) is 12.7 Å². The van der Waals surface area contributed by atoms with Gasteiger partial charge in [-0.2, -0.15) is 0 Å². The Hall–Kier alpha value is -0.860. The van der Waals surface area contributed by atoms with Crippen molar-refractivity contribution in [3.05, 3.63) is 12.7 Å². The fourth-order valence-electron chi connectivity index (χ4n) is 1.24. The average molecular weight is 202 g/mol. The third-order valence-electron chi connectivity index (χ3n) is 2.17. The van der Waals surface area contributed by atoms with Gasteiger partial charge >= 0.3 is 5.97 Å². The van der Waals surface area contributed by atoms with Crippen LogP contribution in [0.4, 0.5) is 4.39 Å². The van der Waals surface area contributed by atoms with E-state index in [0.717, 1.165) is 19.3 Å². The summed E-state index contributed by atoms with van der Waals surface area (Å²) in [6.07, 6.45) is 5.65. The molecule has 3 heteroatoms. The van der Waals surface area contributed by atoms with E-state index in [1.54, 1.807) is 0 Å². The highest BCUT2D eigenvalue weighted by atomic mass is 19.1. The van der Waals surface area contributed by atoms with E-state index in [0.29, 0.717) is 6.42 Å². The number of alkyl halides is 1. The molecule has 0 amide bonds. The first-order valence-corrected chi connectivity index (χ1v) is 4.93. The van der Waals surface area contributed by atoms with E-state index in [2.05, 4.69) is 11.3 Å². The molecule has 1 atom stereocenters. The highest BCUT2D eigenvalue weighted by Gasteiger charge is 2.33. The largest absolute Gasteiger partial charge is 0.467 e. The standard InChI is InChI=1S/C11H19FO2/c1-4-5-6-7-8-9-11(2,12)10(13)14-3/h4H,1,5-9H2,2-3H3. The van der Waals surface area contributed by atoms with Gasteiger partial charge in [0.25, 0.3) is 0 Å². The van der Waals surface area contributed by atoms with Crippen molar-refractivity contribution in [2.45, 2.75) is 44.7 Å². The fraction of sp³-hybridized carbons (Fsp3) is 0.727. The number of allylic oxidation sites excluding steroid dienone is 1. The zero-order chi connectivity index (χ0) is 11.0. The number of hydrogen-bond donors (Lipinski definition) is 0. The lowest BCUT2D eigenvalue weighted by Gasteiger charge is -2.16. The minimum absolute atomic E-state index is 0.233. The summed E-state index contributed by atoms with van der Waals surface area (Å²) in [5, 5.41) is 0. The van der Waals surface area contributed by atoms with Crippen LogP contribution in [0, 0.1) is 0 Å². The second-order valence-electron chi connectivity index (χ2n) is 3.58. The normalized spacial score (nSPS) is 14.5. The van der Waals surface area contributed by atoms with Crippen LogP contribution >= 0.6 is 0 Å². The molecule has 0 N–H and O–H groups in total. The summed E-state index contributed by atoms with van der Waals surface area (Å²) in [6, 6.07) is 0. The van der Waals surface area contributed by atoms with Crippen LogP contribution in [0.2, 0.25) is 0 Å². The Bertz CT molecular complexity index is 188. The molecule has 0 fully saturated rings. The van der Waals surface area contributed by atoms with Crippen molar-refractivity contribution in [3.63, 3.8) is 0 Å². The van der Waals surface area contributed by atoms with Crippen molar-refractivity contribution in [2.75, 3.05) is 7.11 Å². The van der Waals surface area contributed by atoms with Gasteiger partial charge in [0.05, 0.1) is 7.11 Å². The molecule has 0 saturated carbocycles. The molecule has 0 saturated heterocycles. The average Bonchev–Trinajstić information content (AvgIpc) is 2.16. The Kier molecular flexibility index (Phi) is 6.17. The van der Waals surface area contributed by atoms with Crippen molar-refractivity contribution < 1.29 is 13.9 Å². The number of esters is 1. The lowest BCUT2D eigenvalue weighted by Crippen LogP contribution is -2.31. The van der Waals surface area contributed by atoms with Crippen LogP contribution in [0.5, 0.6) is 0 Å².